The molecule has 0 aliphatic carbocycles. The monoisotopic (exact) mass is 491 g/mol. The van der Waals surface area contributed by atoms with E-state index in [9.17, 15) is 9.59 Å². The molecule has 0 bridgehead atoms. The SMILES string of the molecule is Cc1cc(CSc2ncccc2C(=O)OCC(=O)Nc2ccccc2Sc2ccccc2)no1. The summed E-state index contributed by atoms with van der Waals surface area (Å²) in [5, 5.41) is 7.27. The minimum Gasteiger partial charge on any atom is -0.452 e. The first-order valence-electron chi connectivity index (χ1n) is 10.4. The molecular weight excluding hydrogens is 470 g/mol. The number of carbonyl (C=O) groups is 2. The lowest BCUT2D eigenvalue weighted by atomic mass is 10.3. The van der Waals surface area contributed by atoms with Gasteiger partial charge >= 0.3 is 5.97 Å². The van der Waals surface area contributed by atoms with Crippen LogP contribution in [0.25, 0.3) is 0 Å². The van der Waals surface area contributed by atoms with Crippen LogP contribution >= 0.6 is 23.5 Å². The maximum Gasteiger partial charge on any atom is 0.341 e. The molecule has 172 valence electrons. The fourth-order valence-corrected chi connectivity index (χ4v) is 4.74. The number of nitrogens with one attached hydrogen (secondary N) is 1. The van der Waals surface area contributed by atoms with Crippen LogP contribution in [0.4, 0.5) is 5.69 Å². The van der Waals surface area contributed by atoms with E-state index in [1.165, 1.54) is 23.5 Å². The second-order valence-electron chi connectivity index (χ2n) is 7.11. The van der Waals surface area contributed by atoms with Gasteiger partial charge in [0.1, 0.15) is 10.8 Å². The molecule has 0 unspecified atom stereocenters. The summed E-state index contributed by atoms with van der Waals surface area (Å²) in [5.74, 6) is 0.163. The molecule has 0 atom stereocenters. The highest BCUT2D eigenvalue weighted by atomic mass is 32.2. The van der Waals surface area contributed by atoms with Gasteiger partial charge in [-0.3, -0.25) is 4.79 Å². The van der Waals surface area contributed by atoms with Crippen LogP contribution in [0.2, 0.25) is 0 Å². The summed E-state index contributed by atoms with van der Waals surface area (Å²) < 4.78 is 10.3. The summed E-state index contributed by atoms with van der Waals surface area (Å²) in [7, 11) is 0. The molecule has 2 aromatic carbocycles. The van der Waals surface area contributed by atoms with Gasteiger partial charge in [0.25, 0.3) is 5.91 Å². The number of esters is 1. The van der Waals surface area contributed by atoms with Crippen LogP contribution < -0.4 is 5.32 Å². The molecule has 2 heterocycles. The Bertz CT molecular complexity index is 1280. The molecule has 0 saturated carbocycles. The molecule has 0 aliphatic rings. The van der Waals surface area contributed by atoms with Crippen LogP contribution in [0.1, 0.15) is 21.8 Å². The lowest BCUT2D eigenvalue weighted by Crippen LogP contribution is -2.21. The van der Waals surface area contributed by atoms with E-state index in [0.29, 0.717) is 27.8 Å². The zero-order valence-electron chi connectivity index (χ0n) is 18.3. The molecule has 0 spiro atoms. The molecular formula is C25H21N3O4S2. The van der Waals surface area contributed by atoms with Gasteiger partial charge < -0.3 is 14.6 Å². The average Bonchev–Trinajstić information content (AvgIpc) is 3.28. The van der Waals surface area contributed by atoms with Gasteiger partial charge in [-0.1, -0.05) is 59.0 Å². The van der Waals surface area contributed by atoms with Crippen molar-refractivity contribution in [3.05, 3.63) is 96.0 Å². The van der Waals surface area contributed by atoms with Crippen LogP contribution in [-0.2, 0) is 15.3 Å². The second kappa shape index (κ2) is 11.5. The lowest BCUT2D eigenvalue weighted by Gasteiger charge is -2.11. The van der Waals surface area contributed by atoms with Gasteiger partial charge in [0.05, 0.1) is 16.9 Å². The van der Waals surface area contributed by atoms with E-state index < -0.39 is 18.5 Å². The molecule has 4 aromatic rings. The lowest BCUT2D eigenvalue weighted by molar-refractivity contribution is -0.119. The van der Waals surface area contributed by atoms with Gasteiger partial charge in [0, 0.05) is 27.8 Å². The number of nitrogens with zero attached hydrogens (tertiary/aromatic N) is 2. The predicted octanol–water partition coefficient (Wildman–Crippen LogP) is 5.62. The van der Waals surface area contributed by atoms with E-state index in [4.69, 9.17) is 9.26 Å². The van der Waals surface area contributed by atoms with E-state index in [-0.39, 0.29) is 0 Å². The number of hydrogen-bond donors (Lipinski definition) is 1. The third-order valence-corrected chi connectivity index (χ3v) is 6.61. The van der Waals surface area contributed by atoms with E-state index >= 15 is 0 Å². The van der Waals surface area contributed by atoms with Gasteiger partial charge in [-0.05, 0) is 43.3 Å². The van der Waals surface area contributed by atoms with E-state index in [1.807, 2.05) is 67.6 Å². The van der Waals surface area contributed by atoms with Crippen LogP contribution in [0.15, 0.2) is 98.3 Å². The Morgan fingerprint density at radius 1 is 1.03 bits per heavy atom. The van der Waals surface area contributed by atoms with Crippen molar-refractivity contribution in [2.75, 3.05) is 11.9 Å². The van der Waals surface area contributed by atoms with Gasteiger partial charge in [0.15, 0.2) is 6.61 Å². The van der Waals surface area contributed by atoms with Gasteiger partial charge in [-0.15, -0.1) is 0 Å². The molecule has 0 radical (unpaired) electrons. The molecule has 0 fully saturated rings. The van der Waals surface area contributed by atoms with Crippen molar-refractivity contribution in [1.29, 1.82) is 0 Å². The number of ether oxygens (including phenoxy) is 1. The van der Waals surface area contributed by atoms with E-state index in [0.717, 1.165) is 15.5 Å². The fourth-order valence-electron chi connectivity index (χ4n) is 2.96. The number of rotatable bonds is 9. The summed E-state index contributed by atoms with van der Waals surface area (Å²) in [6.07, 6.45) is 1.60. The van der Waals surface area contributed by atoms with Crippen LogP contribution in [0, 0.1) is 6.92 Å². The first-order chi connectivity index (χ1) is 16.6. The Morgan fingerprint density at radius 2 is 1.82 bits per heavy atom. The minimum atomic E-state index is -0.617. The Morgan fingerprint density at radius 3 is 2.62 bits per heavy atom. The van der Waals surface area contributed by atoms with Gasteiger partial charge in [-0.2, -0.15) is 0 Å². The number of amides is 1. The molecule has 1 amide bonds. The first kappa shape index (κ1) is 23.6. The molecule has 9 heteroatoms. The standard InChI is InChI=1S/C25H21N3O4S2/c1-17-14-18(28-32-17)16-33-24-20(10-7-13-26-24)25(30)31-15-23(29)27-21-11-5-6-12-22(21)34-19-8-3-2-4-9-19/h2-14H,15-16H2,1H3,(H,27,29). The van der Waals surface area contributed by atoms with Crippen molar-refractivity contribution >= 4 is 41.1 Å². The largest absolute Gasteiger partial charge is 0.452 e. The third-order valence-electron chi connectivity index (χ3n) is 4.49. The maximum absolute atomic E-state index is 12.7. The predicted molar refractivity (Wildman–Crippen MR) is 131 cm³/mol. The summed E-state index contributed by atoms with van der Waals surface area (Å²) in [6, 6.07) is 22.4. The summed E-state index contributed by atoms with van der Waals surface area (Å²) in [4.78, 5) is 31.4. The Balaban J connectivity index is 1.35. The fraction of sp³-hybridized carbons (Fsp3) is 0.120. The number of pyridine rings is 1. The first-order valence-corrected chi connectivity index (χ1v) is 12.2. The Hall–Kier alpha value is -3.56. The van der Waals surface area contributed by atoms with E-state index in [1.54, 1.807) is 18.3 Å². The molecule has 0 saturated heterocycles. The van der Waals surface area contributed by atoms with E-state index in [2.05, 4.69) is 15.5 Å². The van der Waals surface area contributed by atoms with Crippen LogP contribution in [0.3, 0.4) is 0 Å². The molecule has 7 nitrogen and oxygen atoms in total. The van der Waals surface area contributed by atoms with Crippen molar-refractivity contribution in [2.24, 2.45) is 0 Å². The van der Waals surface area contributed by atoms with Crippen molar-refractivity contribution in [3.63, 3.8) is 0 Å². The molecule has 4 rings (SSSR count). The van der Waals surface area contributed by atoms with Crippen molar-refractivity contribution in [2.45, 2.75) is 27.5 Å². The zero-order chi connectivity index (χ0) is 23.8. The number of hydrogen-bond acceptors (Lipinski definition) is 8. The average molecular weight is 492 g/mol. The highest BCUT2D eigenvalue weighted by Crippen LogP contribution is 2.33. The Labute approximate surface area is 205 Å². The molecule has 0 aliphatic heterocycles. The number of thioether (sulfide) groups is 1. The van der Waals surface area contributed by atoms with Crippen molar-refractivity contribution < 1.29 is 18.8 Å². The maximum atomic E-state index is 12.7. The Kier molecular flexibility index (Phi) is 8.00. The molecule has 34 heavy (non-hydrogen) atoms. The van der Waals surface area contributed by atoms with Gasteiger partial charge in [-0.25, -0.2) is 9.78 Å². The number of aryl methyl sites for hydroxylation is 1. The smallest absolute Gasteiger partial charge is 0.341 e. The van der Waals surface area contributed by atoms with Gasteiger partial charge in [0.2, 0.25) is 0 Å². The summed E-state index contributed by atoms with van der Waals surface area (Å²) in [5.41, 5.74) is 1.69. The third kappa shape index (κ3) is 6.49. The summed E-state index contributed by atoms with van der Waals surface area (Å²) >= 11 is 2.88. The highest BCUT2D eigenvalue weighted by molar-refractivity contribution is 7.99. The number of anilines is 1. The quantitative estimate of drug-likeness (QED) is 0.238. The number of aromatic nitrogens is 2. The number of carbonyl (C=O) groups excluding carboxylic acids is 2. The topological polar surface area (TPSA) is 94.3 Å². The molecule has 2 aromatic heterocycles. The number of para-hydroxylation sites is 1. The van der Waals surface area contributed by atoms with Crippen molar-refractivity contribution in [3.8, 4) is 0 Å². The normalized spacial score (nSPS) is 10.6. The molecule has 1 N–H and O–H groups in total. The second-order valence-corrected chi connectivity index (χ2v) is 9.19. The van der Waals surface area contributed by atoms with Crippen LogP contribution in [0.5, 0.6) is 0 Å². The van der Waals surface area contributed by atoms with Crippen LogP contribution in [-0.4, -0.2) is 28.6 Å². The zero-order valence-corrected chi connectivity index (χ0v) is 19.9. The highest BCUT2D eigenvalue weighted by Gasteiger charge is 2.17. The minimum absolute atomic E-state index is 0.292. The summed E-state index contributed by atoms with van der Waals surface area (Å²) in [6.45, 7) is 1.40. The van der Waals surface area contributed by atoms with Crippen molar-refractivity contribution in [1.82, 2.24) is 10.1 Å². The number of benzene rings is 2.